The van der Waals surface area contributed by atoms with Gasteiger partial charge in [-0.1, -0.05) is 0 Å². The van der Waals surface area contributed by atoms with Gasteiger partial charge in [-0.15, -0.1) is 0 Å². The highest BCUT2D eigenvalue weighted by Crippen LogP contribution is 2.35. The maximum absolute atomic E-state index is 13.2. The molecule has 0 bridgehead atoms. The molecule has 3 rings (SSSR count). The highest BCUT2D eigenvalue weighted by atomic mass is 19.4. The summed E-state index contributed by atoms with van der Waals surface area (Å²) in [4.78, 5) is 11.8. The van der Waals surface area contributed by atoms with Gasteiger partial charge in [0.2, 0.25) is 5.95 Å². The van der Waals surface area contributed by atoms with E-state index in [2.05, 4.69) is 25.6 Å². The first-order chi connectivity index (χ1) is 11.0. The maximum Gasteiger partial charge on any atom is 0.419 e. The van der Waals surface area contributed by atoms with Gasteiger partial charge in [0.15, 0.2) is 0 Å². The summed E-state index contributed by atoms with van der Waals surface area (Å²) in [7, 11) is 0. The standard InChI is InChI=1S/C15H16F3N5/c16-15(17,18)12-9-21-14(22-11-4-2-6-20-8-11)23-13(12)10-3-1-5-19-7-10/h1,3,5,7,9,11,20H,2,4,6,8H2,(H,21,22,23)/t11-/m0/s1. The van der Waals surface area contributed by atoms with Gasteiger partial charge in [0.25, 0.3) is 0 Å². The van der Waals surface area contributed by atoms with E-state index in [-0.39, 0.29) is 17.7 Å². The first-order valence-corrected chi connectivity index (χ1v) is 7.36. The van der Waals surface area contributed by atoms with Crippen molar-refractivity contribution in [3.63, 3.8) is 0 Å². The van der Waals surface area contributed by atoms with Crippen LogP contribution in [0.4, 0.5) is 19.1 Å². The highest BCUT2D eigenvalue weighted by Gasteiger charge is 2.35. The zero-order chi connectivity index (χ0) is 16.3. The largest absolute Gasteiger partial charge is 0.419 e. The minimum Gasteiger partial charge on any atom is -0.350 e. The van der Waals surface area contributed by atoms with Gasteiger partial charge in [0.05, 0.1) is 5.69 Å². The summed E-state index contributed by atoms with van der Waals surface area (Å²) >= 11 is 0. The lowest BCUT2D eigenvalue weighted by Gasteiger charge is -2.24. The Hall–Kier alpha value is -2.22. The lowest BCUT2D eigenvalue weighted by molar-refractivity contribution is -0.137. The smallest absolute Gasteiger partial charge is 0.350 e. The summed E-state index contributed by atoms with van der Waals surface area (Å²) in [5.41, 5.74) is -0.711. The molecule has 2 aromatic heterocycles. The third kappa shape index (κ3) is 3.76. The average molecular weight is 323 g/mol. The average Bonchev–Trinajstić information content (AvgIpc) is 2.55. The quantitative estimate of drug-likeness (QED) is 0.909. The number of halogens is 3. The minimum absolute atomic E-state index is 0.113. The summed E-state index contributed by atoms with van der Waals surface area (Å²) in [5.74, 6) is 0.200. The number of aromatic nitrogens is 3. The molecule has 1 aliphatic heterocycles. The number of piperidine rings is 1. The van der Waals surface area contributed by atoms with Crippen LogP contribution in [0.1, 0.15) is 18.4 Å². The number of nitrogens with one attached hydrogen (secondary N) is 2. The monoisotopic (exact) mass is 323 g/mol. The fourth-order valence-electron chi connectivity index (χ4n) is 2.54. The molecule has 1 aliphatic rings. The summed E-state index contributed by atoms with van der Waals surface area (Å²) in [5, 5.41) is 6.33. The van der Waals surface area contributed by atoms with E-state index in [0.717, 1.165) is 32.1 Å². The number of hydrogen-bond donors (Lipinski definition) is 2. The van der Waals surface area contributed by atoms with Crippen LogP contribution in [0, 0.1) is 0 Å². The number of rotatable bonds is 3. The summed E-state index contributed by atoms with van der Waals surface area (Å²) in [6.07, 6.45) is 1.12. The van der Waals surface area contributed by atoms with Crippen LogP contribution in [0.5, 0.6) is 0 Å². The second kappa shape index (κ2) is 6.49. The van der Waals surface area contributed by atoms with E-state index >= 15 is 0 Å². The Bertz CT molecular complexity index is 654. The fraction of sp³-hybridized carbons (Fsp3) is 0.400. The third-order valence-electron chi connectivity index (χ3n) is 3.66. The van der Waals surface area contributed by atoms with Crippen LogP contribution in [0.15, 0.2) is 30.7 Å². The van der Waals surface area contributed by atoms with Gasteiger partial charge in [-0.25, -0.2) is 9.97 Å². The molecule has 3 heterocycles. The first-order valence-electron chi connectivity index (χ1n) is 7.36. The van der Waals surface area contributed by atoms with E-state index in [1.54, 1.807) is 12.1 Å². The number of nitrogens with zero attached hydrogens (tertiary/aromatic N) is 3. The summed E-state index contributed by atoms with van der Waals surface area (Å²) in [6.45, 7) is 1.69. The molecule has 5 nitrogen and oxygen atoms in total. The van der Waals surface area contributed by atoms with Crippen molar-refractivity contribution < 1.29 is 13.2 Å². The zero-order valence-corrected chi connectivity index (χ0v) is 12.3. The van der Waals surface area contributed by atoms with Crippen molar-refractivity contribution in [1.29, 1.82) is 0 Å². The molecule has 0 radical (unpaired) electrons. The second-order valence-electron chi connectivity index (χ2n) is 5.38. The van der Waals surface area contributed by atoms with Crippen molar-refractivity contribution in [3.8, 4) is 11.3 Å². The predicted octanol–water partition coefficient (Wildman–Crippen LogP) is 2.72. The van der Waals surface area contributed by atoms with E-state index in [4.69, 9.17) is 0 Å². The molecule has 0 unspecified atom stereocenters. The Morgan fingerprint density at radius 3 is 2.78 bits per heavy atom. The Labute approximate surface area is 131 Å². The van der Waals surface area contributed by atoms with Crippen LogP contribution in [-0.2, 0) is 6.18 Å². The van der Waals surface area contributed by atoms with Crippen LogP contribution in [0.3, 0.4) is 0 Å². The summed E-state index contributed by atoms with van der Waals surface area (Å²) in [6, 6.07) is 3.24. The van der Waals surface area contributed by atoms with Gasteiger partial charge in [0.1, 0.15) is 5.56 Å². The molecule has 1 atom stereocenters. The van der Waals surface area contributed by atoms with E-state index in [0.29, 0.717) is 5.56 Å². The second-order valence-corrected chi connectivity index (χ2v) is 5.38. The van der Waals surface area contributed by atoms with Gasteiger partial charge < -0.3 is 10.6 Å². The van der Waals surface area contributed by atoms with Gasteiger partial charge in [0, 0.05) is 36.7 Å². The zero-order valence-electron chi connectivity index (χ0n) is 12.3. The van der Waals surface area contributed by atoms with Crippen molar-refractivity contribution in [3.05, 3.63) is 36.3 Å². The topological polar surface area (TPSA) is 62.7 Å². The van der Waals surface area contributed by atoms with Crippen LogP contribution < -0.4 is 10.6 Å². The van der Waals surface area contributed by atoms with Crippen LogP contribution >= 0.6 is 0 Å². The molecule has 2 N–H and O–H groups in total. The van der Waals surface area contributed by atoms with Gasteiger partial charge in [-0.3, -0.25) is 4.98 Å². The molecule has 0 aliphatic carbocycles. The molecular weight excluding hydrogens is 307 g/mol. The molecule has 122 valence electrons. The van der Waals surface area contributed by atoms with E-state index < -0.39 is 11.7 Å². The van der Waals surface area contributed by atoms with Crippen molar-refractivity contribution in [2.75, 3.05) is 18.4 Å². The Kier molecular flexibility index (Phi) is 4.42. The van der Waals surface area contributed by atoms with Crippen molar-refractivity contribution in [2.45, 2.75) is 25.1 Å². The van der Waals surface area contributed by atoms with Crippen molar-refractivity contribution >= 4 is 5.95 Å². The SMILES string of the molecule is FC(F)(F)c1cnc(N[C@H]2CCCNC2)nc1-c1cccnc1. The predicted molar refractivity (Wildman–Crippen MR) is 79.8 cm³/mol. The van der Waals surface area contributed by atoms with Gasteiger partial charge in [-0.2, -0.15) is 13.2 Å². The Balaban J connectivity index is 1.94. The lowest BCUT2D eigenvalue weighted by atomic mass is 10.1. The first kappa shape index (κ1) is 15.7. The molecule has 8 heteroatoms. The van der Waals surface area contributed by atoms with Gasteiger partial charge in [-0.05, 0) is 31.5 Å². The molecule has 1 fully saturated rings. The van der Waals surface area contributed by atoms with Crippen molar-refractivity contribution in [1.82, 2.24) is 20.3 Å². The normalized spacial score (nSPS) is 18.7. The summed E-state index contributed by atoms with van der Waals surface area (Å²) < 4.78 is 39.6. The highest BCUT2D eigenvalue weighted by molar-refractivity contribution is 5.63. The Morgan fingerprint density at radius 1 is 1.26 bits per heavy atom. The number of alkyl halides is 3. The molecule has 1 saturated heterocycles. The molecule has 2 aromatic rings. The third-order valence-corrected chi connectivity index (χ3v) is 3.66. The van der Waals surface area contributed by atoms with Crippen LogP contribution in [0.25, 0.3) is 11.3 Å². The molecule has 0 spiro atoms. The van der Waals surface area contributed by atoms with E-state index in [9.17, 15) is 13.2 Å². The van der Waals surface area contributed by atoms with E-state index in [1.165, 1.54) is 12.4 Å². The number of pyridine rings is 1. The molecule has 0 saturated carbocycles. The van der Waals surface area contributed by atoms with Gasteiger partial charge >= 0.3 is 6.18 Å². The van der Waals surface area contributed by atoms with Crippen LogP contribution in [0.2, 0.25) is 0 Å². The van der Waals surface area contributed by atoms with Crippen molar-refractivity contribution in [2.24, 2.45) is 0 Å². The number of hydrogen-bond acceptors (Lipinski definition) is 5. The van der Waals surface area contributed by atoms with E-state index in [1.807, 2.05) is 0 Å². The van der Waals surface area contributed by atoms with Crippen LogP contribution in [-0.4, -0.2) is 34.1 Å². The fourth-order valence-corrected chi connectivity index (χ4v) is 2.54. The molecule has 0 amide bonds. The Morgan fingerprint density at radius 2 is 2.13 bits per heavy atom. The molecule has 0 aromatic carbocycles. The molecular formula is C15H16F3N5. The molecule has 23 heavy (non-hydrogen) atoms. The maximum atomic E-state index is 13.2. The number of anilines is 1. The lowest BCUT2D eigenvalue weighted by Crippen LogP contribution is -2.38. The minimum atomic E-state index is -4.52.